The summed E-state index contributed by atoms with van der Waals surface area (Å²) >= 11 is 0. The highest BCUT2D eigenvalue weighted by Gasteiger charge is 2.04. The van der Waals surface area contributed by atoms with Gasteiger partial charge in [-0.05, 0) is 25.8 Å². The van der Waals surface area contributed by atoms with Crippen LogP contribution >= 0.6 is 0 Å². The smallest absolute Gasteiger partial charge is 0.0848 e. The topological polar surface area (TPSA) is 24.1 Å². The van der Waals surface area contributed by atoms with E-state index in [1.165, 1.54) is 11.4 Å². The summed E-state index contributed by atoms with van der Waals surface area (Å²) in [6, 6.07) is 0. The van der Waals surface area contributed by atoms with Crippen LogP contribution in [-0.2, 0) is 0 Å². The summed E-state index contributed by atoms with van der Waals surface area (Å²) in [6.45, 7) is 7.16. The molecule has 1 unspecified atom stereocenters. The largest absolute Gasteiger partial charge is 0.370 e. The van der Waals surface area contributed by atoms with E-state index in [2.05, 4.69) is 48.8 Å². The zero-order chi connectivity index (χ0) is 9.68. The SMILES string of the molecule is C/C=C/C(C)/C=C\C1=C(C)NCN1. The Bertz CT molecular complexity index is 249. The van der Waals surface area contributed by atoms with Crippen molar-refractivity contribution in [3.05, 3.63) is 35.7 Å². The highest BCUT2D eigenvalue weighted by atomic mass is 15.1. The van der Waals surface area contributed by atoms with Gasteiger partial charge < -0.3 is 10.6 Å². The summed E-state index contributed by atoms with van der Waals surface area (Å²) in [6.07, 6.45) is 8.59. The molecule has 0 saturated carbocycles. The first-order valence-corrected chi connectivity index (χ1v) is 4.73. The Hall–Kier alpha value is -1.18. The molecule has 0 aromatic carbocycles. The molecule has 0 saturated heterocycles. The predicted octanol–water partition coefficient (Wildman–Crippen LogP) is 2.14. The third-order valence-corrected chi connectivity index (χ3v) is 2.10. The van der Waals surface area contributed by atoms with E-state index in [-0.39, 0.29) is 0 Å². The van der Waals surface area contributed by atoms with Gasteiger partial charge in [0.25, 0.3) is 0 Å². The van der Waals surface area contributed by atoms with Crippen LogP contribution in [0.15, 0.2) is 35.7 Å². The zero-order valence-electron chi connectivity index (χ0n) is 8.59. The fraction of sp³-hybridized carbons (Fsp3) is 0.455. The van der Waals surface area contributed by atoms with Gasteiger partial charge >= 0.3 is 0 Å². The minimum atomic E-state index is 0.507. The lowest BCUT2D eigenvalue weighted by Gasteiger charge is -1.99. The van der Waals surface area contributed by atoms with Crippen molar-refractivity contribution in [2.75, 3.05) is 6.67 Å². The van der Waals surface area contributed by atoms with Gasteiger partial charge in [-0.15, -0.1) is 0 Å². The molecule has 1 rings (SSSR count). The quantitative estimate of drug-likeness (QED) is 0.647. The van der Waals surface area contributed by atoms with Gasteiger partial charge in [-0.25, -0.2) is 0 Å². The van der Waals surface area contributed by atoms with E-state index in [1.54, 1.807) is 0 Å². The fourth-order valence-electron chi connectivity index (χ4n) is 1.30. The van der Waals surface area contributed by atoms with E-state index in [0.29, 0.717) is 5.92 Å². The molecule has 2 nitrogen and oxygen atoms in total. The highest BCUT2D eigenvalue weighted by molar-refractivity contribution is 5.26. The Morgan fingerprint density at radius 1 is 1.31 bits per heavy atom. The second-order valence-electron chi connectivity index (χ2n) is 3.31. The van der Waals surface area contributed by atoms with Crippen molar-refractivity contribution in [1.82, 2.24) is 10.6 Å². The average molecular weight is 178 g/mol. The molecule has 0 aromatic rings. The van der Waals surface area contributed by atoms with Gasteiger partial charge in [0.1, 0.15) is 0 Å². The van der Waals surface area contributed by atoms with Gasteiger partial charge in [-0.3, -0.25) is 0 Å². The fourth-order valence-corrected chi connectivity index (χ4v) is 1.30. The van der Waals surface area contributed by atoms with E-state index in [9.17, 15) is 0 Å². The number of hydrogen-bond acceptors (Lipinski definition) is 2. The molecule has 0 radical (unpaired) electrons. The van der Waals surface area contributed by atoms with E-state index < -0.39 is 0 Å². The van der Waals surface area contributed by atoms with E-state index in [1.807, 2.05) is 6.92 Å². The predicted molar refractivity (Wildman–Crippen MR) is 57.0 cm³/mol. The minimum absolute atomic E-state index is 0.507. The normalized spacial score (nSPS) is 19.6. The van der Waals surface area contributed by atoms with Crippen LogP contribution in [0.1, 0.15) is 20.8 Å². The molecule has 0 spiro atoms. The summed E-state index contributed by atoms with van der Waals surface area (Å²) in [4.78, 5) is 0. The Balaban J connectivity index is 2.52. The molecule has 1 atom stereocenters. The number of rotatable bonds is 3. The lowest BCUT2D eigenvalue weighted by atomic mass is 10.1. The van der Waals surface area contributed by atoms with Crippen molar-refractivity contribution in [3.8, 4) is 0 Å². The molecule has 72 valence electrons. The summed E-state index contributed by atoms with van der Waals surface area (Å²) < 4.78 is 0. The van der Waals surface area contributed by atoms with Gasteiger partial charge in [0.15, 0.2) is 0 Å². The molecular formula is C11H18N2. The van der Waals surface area contributed by atoms with Gasteiger partial charge in [-0.2, -0.15) is 0 Å². The third-order valence-electron chi connectivity index (χ3n) is 2.10. The maximum Gasteiger partial charge on any atom is 0.0848 e. The van der Waals surface area contributed by atoms with Gasteiger partial charge in [-0.1, -0.05) is 25.2 Å². The monoisotopic (exact) mass is 178 g/mol. The lowest BCUT2D eigenvalue weighted by molar-refractivity contribution is 0.803. The average Bonchev–Trinajstić information content (AvgIpc) is 2.48. The van der Waals surface area contributed by atoms with Crippen LogP contribution in [0, 0.1) is 5.92 Å². The first-order chi connectivity index (χ1) is 6.24. The van der Waals surface area contributed by atoms with Gasteiger partial charge in [0.2, 0.25) is 0 Å². The van der Waals surface area contributed by atoms with Crippen LogP contribution in [0.3, 0.4) is 0 Å². The summed E-state index contributed by atoms with van der Waals surface area (Å²) in [5, 5.41) is 6.49. The molecular weight excluding hydrogens is 160 g/mol. The molecule has 1 aliphatic rings. The van der Waals surface area contributed by atoms with Gasteiger partial charge in [0.05, 0.1) is 12.4 Å². The van der Waals surface area contributed by atoms with Crippen molar-refractivity contribution in [2.45, 2.75) is 20.8 Å². The first-order valence-electron chi connectivity index (χ1n) is 4.73. The van der Waals surface area contributed by atoms with Crippen LogP contribution in [0.5, 0.6) is 0 Å². The highest BCUT2D eigenvalue weighted by Crippen LogP contribution is 2.07. The molecule has 13 heavy (non-hydrogen) atoms. The van der Waals surface area contributed by atoms with Crippen molar-refractivity contribution >= 4 is 0 Å². The molecule has 1 aliphatic heterocycles. The lowest BCUT2D eigenvalue weighted by Crippen LogP contribution is -2.14. The van der Waals surface area contributed by atoms with Crippen molar-refractivity contribution in [3.63, 3.8) is 0 Å². The molecule has 0 fully saturated rings. The number of hydrogen-bond donors (Lipinski definition) is 2. The number of nitrogens with one attached hydrogen (secondary N) is 2. The second kappa shape index (κ2) is 4.75. The third kappa shape index (κ3) is 2.98. The van der Waals surface area contributed by atoms with E-state index >= 15 is 0 Å². The van der Waals surface area contributed by atoms with Crippen LogP contribution in [0.4, 0.5) is 0 Å². The molecule has 2 N–H and O–H groups in total. The standard InChI is InChI=1S/C11H18N2/c1-4-5-9(2)6-7-11-10(3)12-8-13-11/h4-7,9,12-13H,8H2,1-3H3/b5-4+,7-6-. The molecule has 0 bridgehead atoms. The van der Waals surface area contributed by atoms with Gasteiger partial charge in [0, 0.05) is 5.70 Å². The molecule has 2 heteroatoms. The Morgan fingerprint density at radius 3 is 2.62 bits per heavy atom. The van der Waals surface area contributed by atoms with E-state index in [0.717, 1.165) is 6.67 Å². The van der Waals surface area contributed by atoms with Crippen LogP contribution in [-0.4, -0.2) is 6.67 Å². The van der Waals surface area contributed by atoms with Crippen molar-refractivity contribution < 1.29 is 0 Å². The first kappa shape index (κ1) is 9.90. The van der Waals surface area contributed by atoms with Crippen molar-refractivity contribution in [1.29, 1.82) is 0 Å². The molecule has 1 heterocycles. The zero-order valence-corrected chi connectivity index (χ0v) is 8.59. The summed E-state index contributed by atoms with van der Waals surface area (Å²) in [5.74, 6) is 0.507. The second-order valence-corrected chi connectivity index (χ2v) is 3.31. The summed E-state index contributed by atoms with van der Waals surface area (Å²) in [7, 11) is 0. The molecule has 0 amide bonds. The van der Waals surface area contributed by atoms with Crippen LogP contribution in [0.2, 0.25) is 0 Å². The van der Waals surface area contributed by atoms with Crippen LogP contribution < -0.4 is 10.6 Å². The maximum atomic E-state index is 3.26. The molecule has 0 aromatic heterocycles. The Labute approximate surface area is 80.4 Å². The van der Waals surface area contributed by atoms with Crippen molar-refractivity contribution in [2.24, 2.45) is 5.92 Å². The van der Waals surface area contributed by atoms with E-state index in [4.69, 9.17) is 0 Å². The minimum Gasteiger partial charge on any atom is -0.370 e. The Morgan fingerprint density at radius 2 is 2.08 bits per heavy atom. The number of allylic oxidation sites excluding steroid dienone is 5. The Kier molecular flexibility index (Phi) is 3.62. The summed E-state index contributed by atoms with van der Waals surface area (Å²) in [5.41, 5.74) is 2.43. The van der Waals surface area contributed by atoms with Crippen LogP contribution in [0.25, 0.3) is 0 Å². The maximum absolute atomic E-state index is 3.26. The molecule has 0 aliphatic carbocycles.